The van der Waals surface area contributed by atoms with E-state index in [1.165, 1.54) is 12.8 Å². The molecule has 4 heteroatoms. The summed E-state index contributed by atoms with van der Waals surface area (Å²) < 4.78 is 0. The topological polar surface area (TPSA) is 52.6 Å². The van der Waals surface area contributed by atoms with E-state index in [4.69, 9.17) is 0 Å². The van der Waals surface area contributed by atoms with Crippen LogP contribution in [-0.2, 0) is 4.79 Å². The summed E-state index contributed by atoms with van der Waals surface area (Å²) in [7, 11) is 0. The quantitative estimate of drug-likeness (QED) is 0.784. The number of rotatable bonds is 6. The van der Waals surface area contributed by atoms with E-state index >= 15 is 0 Å². The van der Waals surface area contributed by atoms with E-state index in [0.29, 0.717) is 5.92 Å². The lowest BCUT2D eigenvalue weighted by molar-refractivity contribution is -0.129. The normalized spacial score (nSPS) is 24.6. The van der Waals surface area contributed by atoms with Gasteiger partial charge in [0.1, 0.15) is 0 Å². The summed E-state index contributed by atoms with van der Waals surface area (Å²) in [5.41, 5.74) is -0.335. The largest absolute Gasteiger partial charge is 0.396 e. The monoisotopic (exact) mass is 284 g/mol. The Morgan fingerprint density at radius 3 is 2.60 bits per heavy atom. The summed E-state index contributed by atoms with van der Waals surface area (Å²) in [5.74, 6) is 0.624. The van der Waals surface area contributed by atoms with Gasteiger partial charge < -0.3 is 15.3 Å². The van der Waals surface area contributed by atoms with E-state index in [0.717, 1.165) is 32.5 Å². The molecule has 2 unspecified atom stereocenters. The molecule has 0 radical (unpaired) electrons. The predicted octanol–water partition coefficient (Wildman–Crippen LogP) is 2.02. The molecule has 2 atom stereocenters. The number of amides is 1. The molecule has 0 aromatic heterocycles. The molecule has 2 N–H and O–H groups in total. The highest BCUT2D eigenvalue weighted by Gasteiger charge is 2.30. The number of carbonyl (C=O) groups excluding carboxylic acids is 1. The number of nitrogens with one attached hydrogen (secondary N) is 1. The zero-order valence-corrected chi connectivity index (χ0v) is 13.6. The van der Waals surface area contributed by atoms with E-state index in [-0.39, 0.29) is 24.0 Å². The van der Waals surface area contributed by atoms with Gasteiger partial charge in [0.2, 0.25) is 5.91 Å². The molecule has 1 amide bonds. The van der Waals surface area contributed by atoms with Gasteiger partial charge in [0.05, 0.1) is 0 Å². The molecule has 1 saturated heterocycles. The van der Waals surface area contributed by atoms with Crippen LogP contribution >= 0.6 is 0 Å². The summed E-state index contributed by atoms with van der Waals surface area (Å²) in [4.78, 5) is 14.6. The molecule has 0 aromatic carbocycles. The highest BCUT2D eigenvalue weighted by molar-refractivity contribution is 5.81. The molecule has 4 nitrogen and oxygen atoms in total. The van der Waals surface area contributed by atoms with Crippen LogP contribution in [0, 0.1) is 11.3 Å². The number of likely N-dealkylation sites (tertiary alicyclic amines) is 1. The number of hydrogen-bond donors (Lipinski definition) is 2. The number of aliphatic hydroxyl groups is 1. The highest BCUT2D eigenvalue weighted by atomic mass is 16.3. The lowest BCUT2D eigenvalue weighted by Crippen LogP contribution is -2.53. The third kappa shape index (κ3) is 5.80. The summed E-state index contributed by atoms with van der Waals surface area (Å²) in [5, 5.41) is 12.4. The van der Waals surface area contributed by atoms with Crippen molar-refractivity contribution in [3.05, 3.63) is 0 Å². The maximum Gasteiger partial charge on any atom is 0.225 e. The SMILES string of the molecule is CCCCN1CC(CCO)CC(NC(=O)C(C)(C)C)C1. The van der Waals surface area contributed by atoms with Gasteiger partial charge in [0.25, 0.3) is 0 Å². The zero-order valence-electron chi connectivity index (χ0n) is 13.6. The Labute approximate surface area is 123 Å². The second-order valence-corrected chi connectivity index (χ2v) is 7.15. The minimum Gasteiger partial charge on any atom is -0.396 e. The first-order valence-corrected chi connectivity index (χ1v) is 8.01. The second kappa shape index (κ2) is 7.99. The number of piperidine rings is 1. The highest BCUT2D eigenvalue weighted by Crippen LogP contribution is 2.22. The number of unbranched alkanes of at least 4 members (excludes halogenated alkanes) is 1. The van der Waals surface area contributed by atoms with Crippen LogP contribution in [0.4, 0.5) is 0 Å². The van der Waals surface area contributed by atoms with Crippen LogP contribution in [0.15, 0.2) is 0 Å². The smallest absolute Gasteiger partial charge is 0.225 e. The number of aliphatic hydroxyl groups excluding tert-OH is 1. The summed E-state index contributed by atoms with van der Waals surface area (Å²) in [6.07, 6.45) is 4.22. The molecule has 1 rings (SSSR count). The molecular weight excluding hydrogens is 252 g/mol. The minimum atomic E-state index is -0.335. The standard InChI is InChI=1S/C16H32N2O2/c1-5-6-8-18-11-13(7-9-19)10-14(12-18)17-15(20)16(2,3)4/h13-14,19H,5-12H2,1-4H3,(H,17,20). The Balaban J connectivity index is 2.57. The molecular formula is C16H32N2O2. The molecule has 0 spiro atoms. The lowest BCUT2D eigenvalue weighted by Gasteiger charge is -2.39. The maximum atomic E-state index is 12.1. The fraction of sp³-hybridized carbons (Fsp3) is 0.938. The molecule has 118 valence electrons. The first-order chi connectivity index (χ1) is 9.36. The molecule has 1 heterocycles. The average Bonchev–Trinajstić information content (AvgIpc) is 2.35. The molecule has 20 heavy (non-hydrogen) atoms. The first kappa shape index (κ1) is 17.4. The lowest BCUT2D eigenvalue weighted by atomic mass is 9.89. The van der Waals surface area contributed by atoms with Crippen LogP contribution in [0.2, 0.25) is 0 Å². The maximum absolute atomic E-state index is 12.1. The second-order valence-electron chi connectivity index (χ2n) is 7.15. The summed E-state index contributed by atoms with van der Waals surface area (Å²) in [6.45, 7) is 11.4. The van der Waals surface area contributed by atoms with Crippen LogP contribution in [0.3, 0.4) is 0 Å². The Kier molecular flexibility index (Phi) is 6.96. The van der Waals surface area contributed by atoms with Crippen molar-refractivity contribution >= 4 is 5.91 Å². The number of nitrogens with zero attached hydrogens (tertiary/aromatic N) is 1. The third-order valence-electron chi connectivity index (χ3n) is 3.99. The fourth-order valence-corrected chi connectivity index (χ4v) is 2.77. The van der Waals surface area contributed by atoms with Crippen molar-refractivity contribution in [2.75, 3.05) is 26.2 Å². The van der Waals surface area contributed by atoms with Crippen molar-refractivity contribution in [2.45, 2.75) is 59.4 Å². The van der Waals surface area contributed by atoms with Gasteiger partial charge in [-0.3, -0.25) is 4.79 Å². The summed E-state index contributed by atoms with van der Waals surface area (Å²) >= 11 is 0. The van der Waals surface area contributed by atoms with Gasteiger partial charge in [-0.2, -0.15) is 0 Å². The molecule has 0 bridgehead atoms. The van der Waals surface area contributed by atoms with E-state index < -0.39 is 0 Å². The third-order valence-corrected chi connectivity index (χ3v) is 3.99. The Morgan fingerprint density at radius 1 is 1.35 bits per heavy atom. The molecule has 1 fully saturated rings. The fourth-order valence-electron chi connectivity index (χ4n) is 2.77. The van der Waals surface area contributed by atoms with Crippen molar-refractivity contribution in [3.8, 4) is 0 Å². The van der Waals surface area contributed by atoms with Crippen molar-refractivity contribution < 1.29 is 9.90 Å². The molecule has 1 aliphatic rings. The van der Waals surface area contributed by atoms with Crippen molar-refractivity contribution in [2.24, 2.45) is 11.3 Å². The van der Waals surface area contributed by atoms with E-state index in [2.05, 4.69) is 17.1 Å². The average molecular weight is 284 g/mol. The Bertz CT molecular complexity index is 299. The van der Waals surface area contributed by atoms with Crippen LogP contribution in [0.25, 0.3) is 0 Å². The van der Waals surface area contributed by atoms with Gasteiger partial charge in [-0.25, -0.2) is 0 Å². The Hall–Kier alpha value is -0.610. The van der Waals surface area contributed by atoms with Gasteiger partial charge in [0.15, 0.2) is 0 Å². The molecule has 0 saturated carbocycles. The number of hydrogen-bond acceptors (Lipinski definition) is 3. The summed E-state index contributed by atoms with van der Waals surface area (Å²) in [6, 6.07) is 0.226. The van der Waals surface area contributed by atoms with Gasteiger partial charge in [0, 0.05) is 31.2 Å². The van der Waals surface area contributed by atoms with Crippen LogP contribution in [0.5, 0.6) is 0 Å². The van der Waals surface area contributed by atoms with Gasteiger partial charge in [-0.15, -0.1) is 0 Å². The van der Waals surface area contributed by atoms with E-state index in [1.54, 1.807) is 0 Å². The predicted molar refractivity (Wildman–Crippen MR) is 82.5 cm³/mol. The molecule has 0 aliphatic carbocycles. The van der Waals surface area contributed by atoms with Gasteiger partial charge in [-0.1, -0.05) is 34.1 Å². The van der Waals surface area contributed by atoms with E-state index in [1.807, 2.05) is 20.8 Å². The molecule has 0 aromatic rings. The van der Waals surface area contributed by atoms with Crippen LogP contribution in [0.1, 0.15) is 53.4 Å². The minimum absolute atomic E-state index is 0.127. The van der Waals surface area contributed by atoms with Gasteiger partial charge in [-0.05, 0) is 31.7 Å². The first-order valence-electron chi connectivity index (χ1n) is 8.01. The molecule has 1 aliphatic heterocycles. The van der Waals surface area contributed by atoms with Crippen LogP contribution < -0.4 is 5.32 Å². The van der Waals surface area contributed by atoms with Crippen molar-refractivity contribution in [3.63, 3.8) is 0 Å². The van der Waals surface area contributed by atoms with E-state index in [9.17, 15) is 9.90 Å². The van der Waals surface area contributed by atoms with Gasteiger partial charge >= 0.3 is 0 Å². The number of carbonyl (C=O) groups is 1. The van der Waals surface area contributed by atoms with Crippen LogP contribution in [-0.4, -0.2) is 48.2 Å². The Morgan fingerprint density at radius 2 is 2.05 bits per heavy atom. The zero-order chi connectivity index (χ0) is 15.2. The van der Waals surface area contributed by atoms with Crippen molar-refractivity contribution in [1.29, 1.82) is 0 Å². The van der Waals surface area contributed by atoms with Crippen molar-refractivity contribution in [1.82, 2.24) is 10.2 Å².